The van der Waals surface area contributed by atoms with Crippen molar-refractivity contribution >= 4 is 23.2 Å². The van der Waals surface area contributed by atoms with Crippen molar-refractivity contribution in [3.05, 3.63) is 28.8 Å². The van der Waals surface area contributed by atoms with E-state index in [-0.39, 0.29) is 0 Å². The third-order valence-electron chi connectivity index (χ3n) is 3.30. The summed E-state index contributed by atoms with van der Waals surface area (Å²) in [6, 6.07) is 5.81. The number of primary amides is 1. The maximum Gasteiger partial charge on any atom is 0.250 e. The second-order valence-electron chi connectivity index (χ2n) is 4.82. The molecule has 0 spiro atoms. The second-order valence-corrected chi connectivity index (χ2v) is 5.23. The van der Waals surface area contributed by atoms with Gasteiger partial charge in [0.2, 0.25) is 5.91 Å². The molecular weight excluding hydrogens is 236 g/mol. The normalized spacial score (nSPS) is 23.6. The number of halogens is 1. The van der Waals surface area contributed by atoms with Gasteiger partial charge in [0.25, 0.3) is 0 Å². The fourth-order valence-electron chi connectivity index (χ4n) is 2.38. The Morgan fingerprint density at radius 1 is 1.47 bits per heavy atom. The molecule has 92 valence electrons. The van der Waals surface area contributed by atoms with Crippen LogP contribution in [-0.4, -0.2) is 11.9 Å². The van der Waals surface area contributed by atoms with Crippen LogP contribution in [0.1, 0.15) is 36.5 Å². The van der Waals surface area contributed by atoms with Crippen LogP contribution in [0.5, 0.6) is 0 Å². The number of hydrogen-bond donors (Lipinski definition) is 2. The van der Waals surface area contributed by atoms with Gasteiger partial charge in [-0.25, -0.2) is 0 Å². The van der Waals surface area contributed by atoms with E-state index < -0.39 is 5.91 Å². The van der Waals surface area contributed by atoms with E-state index in [4.69, 9.17) is 17.3 Å². The van der Waals surface area contributed by atoms with E-state index in [9.17, 15) is 4.79 Å². The van der Waals surface area contributed by atoms with Crippen molar-refractivity contribution in [3.8, 4) is 0 Å². The number of carbonyl (C=O) groups is 1. The zero-order valence-electron chi connectivity index (χ0n) is 9.87. The van der Waals surface area contributed by atoms with Gasteiger partial charge >= 0.3 is 0 Å². The van der Waals surface area contributed by atoms with Crippen LogP contribution in [0.25, 0.3) is 0 Å². The van der Waals surface area contributed by atoms with Crippen LogP contribution in [0.15, 0.2) is 18.2 Å². The number of benzene rings is 1. The third kappa shape index (κ3) is 2.91. The van der Waals surface area contributed by atoms with Crippen molar-refractivity contribution < 1.29 is 4.79 Å². The van der Waals surface area contributed by atoms with Crippen LogP contribution < -0.4 is 11.1 Å². The number of rotatable bonds is 3. The van der Waals surface area contributed by atoms with Crippen LogP contribution in [0.2, 0.25) is 5.02 Å². The molecule has 1 aliphatic rings. The molecular formula is C13H17ClN2O. The average Bonchev–Trinajstić information content (AvgIpc) is 2.63. The maximum absolute atomic E-state index is 11.0. The average molecular weight is 253 g/mol. The zero-order chi connectivity index (χ0) is 12.4. The van der Waals surface area contributed by atoms with Crippen molar-refractivity contribution in [3.63, 3.8) is 0 Å². The molecule has 3 nitrogen and oxygen atoms in total. The molecule has 1 aromatic carbocycles. The number of nitrogens with one attached hydrogen (secondary N) is 1. The molecule has 2 unspecified atom stereocenters. The lowest BCUT2D eigenvalue weighted by molar-refractivity contribution is 0.100. The highest BCUT2D eigenvalue weighted by Crippen LogP contribution is 2.28. The third-order valence-corrected chi connectivity index (χ3v) is 3.61. The molecule has 17 heavy (non-hydrogen) atoms. The van der Waals surface area contributed by atoms with Gasteiger partial charge in [-0.1, -0.05) is 18.5 Å². The Kier molecular flexibility index (Phi) is 3.57. The van der Waals surface area contributed by atoms with E-state index in [0.29, 0.717) is 16.6 Å². The Bertz CT molecular complexity index is 433. The first-order chi connectivity index (χ1) is 8.06. The van der Waals surface area contributed by atoms with Crippen LogP contribution in [0.4, 0.5) is 5.69 Å². The van der Waals surface area contributed by atoms with Gasteiger partial charge in [-0.2, -0.15) is 0 Å². The molecule has 0 aromatic heterocycles. The van der Waals surface area contributed by atoms with Gasteiger partial charge < -0.3 is 11.1 Å². The lowest BCUT2D eigenvalue weighted by Gasteiger charge is -2.14. The fourth-order valence-corrected chi connectivity index (χ4v) is 2.65. The van der Waals surface area contributed by atoms with E-state index in [1.54, 1.807) is 12.1 Å². The van der Waals surface area contributed by atoms with E-state index in [1.807, 2.05) is 6.07 Å². The first kappa shape index (κ1) is 12.2. The quantitative estimate of drug-likeness (QED) is 0.869. The number of nitrogens with two attached hydrogens (primary N) is 1. The standard InChI is InChI=1S/C13H17ClN2O/c1-8-2-3-9(6-8)16-10-4-5-11(13(15)17)12(14)7-10/h4-5,7-9,16H,2-3,6H2,1H3,(H2,15,17). The Balaban J connectivity index is 2.07. The summed E-state index contributed by atoms with van der Waals surface area (Å²) in [4.78, 5) is 11.0. The SMILES string of the molecule is CC1CCC(Nc2ccc(C(N)=O)c(Cl)c2)C1. The summed E-state index contributed by atoms with van der Waals surface area (Å²) in [6.45, 7) is 2.27. The molecule has 3 N–H and O–H groups in total. The predicted octanol–water partition coefficient (Wildman–Crippen LogP) is 3.04. The van der Waals surface area contributed by atoms with Crippen molar-refractivity contribution in [2.24, 2.45) is 11.7 Å². The molecule has 0 radical (unpaired) electrons. The summed E-state index contributed by atoms with van der Waals surface area (Å²) in [5, 5.41) is 3.85. The molecule has 1 aromatic rings. The highest BCUT2D eigenvalue weighted by molar-refractivity contribution is 6.34. The molecule has 1 fully saturated rings. The fraction of sp³-hybridized carbons (Fsp3) is 0.462. The molecule has 1 amide bonds. The predicted molar refractivity (Wildman–Crippen MR) is 70.4 cm³/mol. The minimum atomic E-state index is -0.490. The Morgan fingerprint density at radius 3 is 2.76 bits per heavy atom. The first-order valence-corrected chi connectivity index (χ1v) is 6.30. The summed E-state index contributed by atoms with van der Waals surface area (Å²) in [5.41, 5.74) is 6.53. The first-order valence-electron chi connectivity index (χ1n) is 5.92. The van der Waals surface area contributed by atoms with Gasteiger partial charge in [-0.15, -0.1) is 0 Å². The summed E-state index contributed by atoms with van der Waals surface area (Å²) in [5.74, 6) is 0.295. The van der Waals surface area contributed by atoms with Crippen LogP contribution in [0.3, 0.4) is 0 Å². The van der Waals surface area contributed by atoms with Gasteiger partial charge in [0, 0.05) is 11.7 Å². The zero-order valence-corrected chi connectivity index (χ0v) is 10.6. The van der Waals surface area contributed by atoms with E-state index in [2.05, 4.69) is 12.2 Å². The van der Waals surface area contributed by atoms with E-state index in [0.717, 1.165) is 11.6 Å². The number of hydrogen-bond acceptors (Lipinski definition) is 2. The highest BCUT2D eigenvalue weighted by atomic mass is 35.5. The van der Waals surface area contributed by atoms with Crippen LogP contribution in [0, 0.1) is 5.92 Å². The molecule has 0 saturated heterocycles. The minimum absolute atomic E-state index is 0.372. The summed E-state index contributed by atoms with van der Waals surface area (Å²) < 4.78 is 0. The van der Waals surface area contributed by atoms with Gasteiger partial charge in [-0.3, -0.25) is 4.79 Å². The van der Waals surface area contributed by atoms with E-state index in [1.165, 1.54) is 19.3 Å². The smallest absolute Gasteiger partial charge is 0.250 e. The Labute approximate surface area is 106 Å². The molecule has 2 rings (SSSR count). The molecule has 0 aliphatic heterocycles. The molecule has 0 bridgehead atoms. The van der Waals surface area contributed by atoms with Crippen molar-refractivity contribution in [2.45, 2.75) is 32.2 Å². The maximum atomic E-state index is 11.0. The summed E-state index contributed by atoms with van der Waals surface area (Å²) >= 11 is 6.00. The summed E-state index contributed by atoms with van der Waals surface area (Å²) in [7, 11) is 0. The Hall–Kier alpha value is -1.22. The van der Waals surface area contributed by atoms with Crippen molar-refractivity contribution in [1.29, 1.82) is 0 Å². The molecule has 4 heteroatoms. The number of anilines is 1. The molecule has 1 aliphatic carbocycles. The second kappa shape index (κ2) is 4.96. The lowest BCUT2D eigenvalue weighted by atomic mass is 10.1. The highest BCUT2D eigenvalue weighted by Gasteiger charge is 2.21. The monoisotopic (exact) mass is 252 g/mol. The van der Waals surface area contributed by atoms with Crippen molar-refractivity contribution in [1.82, 2.24) is 0 Å². The van der Waals surface area contributed by atoms with Gasteiger partial charge in [0.1, 0.15) is 0 Å². The number of amides is 1. The molecule has 2 atom stereocenters. The largest absolute Gasteiger partial charge is 0.382 e. The van der Waals surface area contributed by atoms with Crippen LogP contribution >= 0.6 is 11.6 Å². The lowest BCUT2D eigenvalue weighted by Crippen LogP contribution is -2.16. The van der Waals surface area contributed by atoms with Crippen LogP contribution in [-0.2, 0) is 0 Å². The van der Waals surface area contributed by atoms with Crippen molar-refractivity contribution in [2.75, 3.05) is 5.32 Å². The molecule has 1 saturated carbocycles. The molecule has 0 heterocycles. The van der Waals surface area contributed by atoms with Gasteiger partial charge in [0.15, 0.2) is 0 Å². The summed E-state index contributed by atoms with van der Waals surface area (Å²) in [6.07, 6.45) is 3.65. The Morgan fingerprint density at radius 2 is 2.24 bits per heavy atom. The topological polar surface area (TPSA) is 55.1 Å². The van der Waals surface area contributed by atoms with E-state index >= 15 is 0 Å². The number of carbonyl (C=O) groups excluding carboxylic acids is 1. The van der Waals surface area contributed by atoms with Gasteiger partial charge in [0.05, 0.1) is 10.6 Å². The van der Waals surface area contributed by atoms with Gasteiger partial charge in [-0.05, 0) is 43.4 Å². The minimum Gasteiger partial charge on any atom is -0.382 e.